The summed E-state index contributed by atoms with van der Waals surface area (Å²) in [6, 6.07) is 12.7. The van der Waals surface area contributed by atoms with Crippen molar-refractivity contribution >= 4 is 30.0 Å². The van der Waals surface area contributed by atoms with E-state index in [1.54, 1.807) is 0 Å². The van der Waals surface area contributed by atoms with Crippen LogP contribution in [0.25, 0.3) is 11.6 Å². The third-order valence-electron chi connectivity index (χ3n) is 4.19. The second-order valence-electron chi connectivity index (χ2n) is 6.02. The lowest BCUT2D eigenvalue weighted by Crippen LogP contribution is -2.38. The number of thiol groups is 1. The van der Waals surface area contributed by atoms with Crippen LogP contribution < -0.4 is 9.47 Å². The number of allylic oxidation sites excluding steroid dienone is 1. The molecule has 1 aromatic carbocycles. The number of rotatable bonds is 7. The van der Waals surface area contributed by atoms with E-state index in [4.69, 9.17) is 5.11 Å². The fraction of sp³-hybridized carbons (Fsp3) is 0.350. The third-order valence-corrected chi connectivity index (χ3v) is 4.39. The highest BCUT2D eigenvalue weighted by molar-refractivity contribution is 7.80. The highest BCUT2D eigenvalue weighted by Crippen LogP contribution is 2.22. The highest BCUT2D eigenvalue weighted by atomic mass is 32.1. The van der Waals surface area contributed by atoms with Crippen LogP contribution in [0, 0.1) is 6.92 Å². The molecule has 0 saturated heterocycles. The van der Waals surface area contributed by atoms with E-state index in [0.29, 0.717) is 6.54 Å². The smallest absolute Gasteiger partial charge is 0.208 e. The quantitative estimate of drug-likeness (QED) is 0.597. The van der Waals surface area contributed by atoms with Gasteiger partial charge in [0.1, 0.15) is 0 Å². The SMILES string of the molecule is C/C(=C\c1ccc(N(C)CCO)cc1C)c1cccc[n+]1CCS. The first-order valence-corrected chi connectivity index (χ1v) is 8.90. The second kappa shape index (κ2) is 8.90. The second-order valence-corrected chi connectivity index (χ2v) is 6.46. The van der Waals surface area contributed by atoms with Crippen LogP contribution in [0.3, 0.4) is 0 Å². The van der Waals surface area contributed by atoms with Crippen LogP contribution in [0.5, 0.6) is 0 Å². The van der Waals surface area contributed by atoms with Gasteiger partial charge in [0.15, 0.2) is 12.7 Å². The van der Waals surface area contributed by atoms with E-state index in [1.165, 1.54) is 22.4 Å². The molecule has 1 aromatic heterocycles. The molecule has 4 heteroatoms. The van der Waals surface area contributed by atoms with Gasteiger partial charge in [-0.25, -0.2) is 0 Å². The molecule has 1 heterocycles. The Balaban J connectivity index is 2.31. The minimum Gasteiger partial charge on any atom is -0.395 e. The molecule has 128 valence electrons. The Kier molecular flexibility index (Phi) is 6.88. The predicted molar refractivity (Wildman–Crippen MR) is 106 cm³/mol. The maximum Gasteiger partial charge on any atom is 0.208 e. The average molecular weight is 344 g/mol. The van der Waals surface area contributed by atoms with Crippen LogP contribution in [0.1, 0.15) is 23.7 Å². The normalized spacial score (nSPS) is 11.6. The molecule has 2 rings (SSSR count). The molecule has 0 aliphatic rings. The number of aromatic nitrogens is 1. The molecule has 0 spiro atoms. The standard InChI is InChI=1S/C20H26N2OS/c1-16-15-19(21(3)10-12-23)8-7-18(16)14-17(2)20-6-4-5-9-22(20)11-13-24/h4-9,14-15,23H,10-13H2,1-3H3/p+1. The summed E-state index contributed by atoms with van der Waals surface area (Å²) in [5.74, 6) is 0.819. The molecule has 24 heavy (non-hydrogen) atoms. The van der Waals surface area contributed by atoms with Gasteiger partial charge in [-0.15, -0.1) is 0 Å². The zero-order chi connectivity index (χ0) is 17.5. The lowest BCUT2D eigenvalue weighted by Gasteiger charge is -2.19. The summed E-state index contributed by atoms with van der Waals surface area (Å²) in [7, 11) is 2.00. The fourth-order valence-electron chi connectivity index (χ4n) is 2.78. The number of pyridine rings is 1. The van der Waals surface area contributed by atoms with Gasteiger partial charge < -0.3 is 10.0 Å². The Morgan fingerprint density at radius 3 is 2.75 bits per heavy atom. The molecule has 0 atom stereocenters. The monoisotopic (exact) mass is 343 g/mol. The molecule has 0 saturated carbocycles. The van der Waals surface area contributed by atoms with Crippen molar-refractivity contribution in [3.63, 3.8) is 0 Å². The number of hydrogen-bond donors (Lipinski definition) is 2. The summed E-state index contributed by atoms with van der Waals surface area (Å²) >= 11 is 4.35. The van der Waals surface area contributed by atoms with Crippen molar-refractivity contribution < 1.29 is 9.67 Å². The van der Waals surface area contributed by atoms with Gasteiger partial charge in [0.05, 0.1) is 6.61 Å². The average Bonchev–Trinajstić information content (AvgIpc) is 2.57. The predicted octanol–water partition coefficient (Wildman–Crippen LogP) is 3.20. The lowest BCUT2D eigenvalue weighted by molar-refractivity contribution is -0.694. The third kappa shape index (κ3) is 4.62. The van der Waals surface area contributed by atoms with Gasteiger partial charge in [-0.1, -0.05) is 6.07 Å². The Morgan fingerprint density at radius 1 is 1.29 bits per heavy atom. The van der Waals surface area contributed by atoms with Crippen molar-refractivity contribution in [1.29, 1.82) is 0 Å². The summed E-state index contributed by atoms with van der Waals surface area (Å²) in [6.07, 6.45) is 4.33. The minimum absolute atomic E-state index is 0.162. The molecule has 0 aliphatic heterocycles. The molecule has 0 aliphatic carbocycles. The zero-order valence-electron chi connectivity index (χ0n) is 14.7. The topological polar surface area (TPSA) is 27.3 Å². The maximum absolute atomic E-state index is 9.08. The molecule has 3 nitrogen and oxygen atoms in total. The molecule has 1 N–H and O–H groups in total. The summed E-state index contributed by atoms with van der Waals surface area (Å²) in [5.41, 5.74) is 6.02. The van der Waals surface area contributed by atoms with Crippen molar-refractivity contribution in [3.8, 4) is 0 Å². The zero-order valence-corrected chi connectivity index (χ0v) is 15.6. The number of aliphatic hydroxyl groups is 1. The van der Waals surface area contributed by atoms with Crippen LogP contribution in [-0.2, 0) is 6.54 Å². The lowest BCUT2D eigenvalue weighted by atomic mass is 10.0. The Hall–Kier alpha value is -1.78. The first-order chi connectivity index (χ1) is 11.6. The van der Waals surface area contributed by atoms with Gasteiger partial charge >= 0.3 is 0 Å². The van der Waals surface area contributed by atoms with Crippen LogP contribution in [0.4, 0.5) is 5.69 Å². The minimum atomic E-state index is 0.162. The van der Waals surface area contributed by atoms with E-state index in [0.717, 1.165) is 18.0 Å². The van der Waals surface area contributed by atoms with Gasteiger partial charge in [0, 0.05) is 42.7 Å². The first kappa shape index (κ1) is 18.6. The summed E-state index contributed by atoms with van der Waals surface area (Å²) < 4.78 is 2.23. The summed E-state index contributed by atoms with van der Waals surface area (Å²) in [5, 5.41) is 9.08. The number of likely N-dealkylation sites (N-methyl/N-ethyl adjacent to an activating group) is 1. The van der Waals surface area contributed by atoms with Gasteiger partial charge in [0.25, 0.3) is 0 Å². The Morgan fingerprint density at radius 2 is 2.08 bits per heavy atom. The molecule has 0 radical (unpaired) electrons. The van der Waals surface area contributed by atoms with Crippen molar-refractivity contribution in [2.24, 2.45) is 0 Å². The highest BCUT2D eigenvalue weighted by Gasteiger charge is 2.11. The van der Waals surface area contributed by atoms with Gasteiger partial charge in [-0.05, 0) is 49.2 Å². The van der Waals surface area contributed by atoms with Crippen molar-refractivity contribution in [2.45, 2.75) is 20.4 Å². The van der Waals surface area contributed by atoms with E-state index < -0.39 is 0 Å². The van der Waals surface area contributed by atoms with Crippen molar-refractivity contribution in [3.05, 3.63) is 59.4 Å². The largest absolute Gasteiger partial charge is 0.395 e. The van der Waals surface area contributed by atoms with E-state index in [1.807, 2.05) is 7.05 Å². The van der Waals surface area contributed by atoms with E-state index in [-0.39, 0.29) is 6.61 Å². The first-order valence-electron chi connectivity index (χ1n) is 8.27. The molecule has 0 unspecified atom stereocenters. The summed E-state index contributed by atoms with van der Waals surface area (Å²) in [4.78, 5) is 2.06. The summed E-state index contributed by atoms with van der Waals surface area (Å²) in [6.45, 7) is 5.98. The van der Waals surface area contributed by atoms with Crippen LogP contribution >= 0.6 is 12.6 Å². The van der Waals surface area contributed by atoms with Crippen molar-refractivity contribution in [2.75, 3.05) is 30.9 Å². The van der Waals surface area contributed by atoms with Crippen LogP contribution in [0.2, 0.25) is 0 Å². The number of hydrogen-bond acceptors (Lipinski definition) is 3. The molecular formula is C20H27N2OS+. The fourth-order valence-corrected chi connectivity index (χ4v) is 3.00. The van der Waals surface area contributed by atoms with Crippen LogP contribution in [0.15, 0.2) is 42.6 Å². The van der Waals surface area contributed by atoms with Gasteiger partial charge in [0.2, 0.25) is 5.69 Å². The van der Waals surface area contributed by atoms with Crippen molar-refractivity contribution in [1.82, 2.24) is 0 Å². The Bertz CT molecular complexity index is 713. The number of benzene rings is 1. The van der Waals surface area contributed by atoms with Crippen LogP contribution in [-0.4, -0.2) is 31.1 Å². The number of anilines is 1. The number of aryl methyl sites for hydroxylation is 2. The van der Waals surface area contributed by atoms with E-state index >= 15 is 0 Å². The molecule has 2 aromatic rings. The van der Waals surface area contributed by atoms with Gasteiger partial charge in [-0.3, -0.25) is 0 Å². The maximum atomic E-state index is 9.08. The van der Waals surface area contributed by atoms with E-state index in [9.17, 15) is 0 Å². The number of aliphatic hydroxyl groups excluding tert-OH is 1. The molecular weight excluding hydrogens is 316 g/mol. The van der Waals surface area contributed by atoms with Gasteiger partial charge in [-0.2, -0.15) is 17.2 Å². The van der Waals surface area contributed by atoms with E-state index in [2.05, 4.69) is 84.6 Å². The molecule has 0 fully saturated rings. The Labute approximate surface area is 150 Å². The molecule has 0 amide bonds. The molecule has 0 bridgehead atoms. The number of nitrogens with zero attached hydrogens (tertiary/aromatic N) is 2.